The van der Waals surface area contributed by atoms with Crippen LogP contribution in [-0.2, 0) is 0 Å². The number of thiazole rings is 1. The molecule has 0 radical (unpaired) electrons. The maximum Gasteiger partial charge on any atom is 0.230 e. The second-order valence-corrected chi connectivity index (χ2v) is 3.90. The van der Waals surface area contributed by atoms with Crippen molar-refractivity contribution in [2.75, 3.05) is 5.73 Å². The minimum absolute atomic E-state index is 0.107. The highest BCUT2D eigenvalue weighted by Gasteiger charge is 2.15. The summed E-state index contributed by atoms with van der Waals surface area (Å²) in [5.74, 6) is -0.250. The molecule has 0 amide bonds. The zero-order chi connectivity index (χ0) is 12.4. The lowest BCUT2D eigenvalue weighted by Gasteiger charge is -1.91. The Labute approximate surface area is 99.6 Å². The van der Waals surface area contributed by atoms with E-state index in [2.05, 4.69) is 19.9 Å². The van der Waals surface area contributed by atoms with E-state index in [0.717, 1.165) is 11.3 Å². The summed E-state index contributed by atoms with van der Waals surface area (Å²) in [6.07, 6.45) is 1.34. The Kier molecular flexibility index (Phi) is 2.75. The molecule has 0 aliphatic rings. The van der Waals surface area contributed by atoms with Crippen LogP contribution in [0.4, 0.5) is 11.1 Å². The molecule has 7 N–H and O–H groups in total. The van der Waals surface area contributed by atoms with E-state index in [4.69, 9.17) is 17.2 Å². The van der Waals surface area contributed by atoms with Crippen molar-refractivity contribution in [1.82, 2.24) is 15.0 Å². The number of H-pyrrole nitrogens is 1. The number of nitrogens with one attached hydrogen (secondary N) is 1. The molecule has 88 valence electrons. The van der Waals surface area contributed by atoms with Crippen LogP contribution >= 0.6 is 11.3 Å². The lowest BCUT2D eigenvalue weighted by atomic mass is 10.2. The predicted octanol–water partition coefficient (Wildman–Crippen LogP) is -0.416. The van der Waals surface area contributed by atoms with Crippen molar-refractivity contribution in [2.45, 2.75) is 0 Å². The number of guanidine groups is 1. The van der Waals surface area contributed by atoms with Crippen LogP contribution in [0.2, 0.25) is 0 Å². The Morgan fingerprint density at radius 2 is 2.24 bits per heavy atom. The van der Waals surface area contributed by atoms with Crippen molar-refractivity contribution in [3.63, 3.8) is 0 Å². The van der Waals surface area contributed by atoms with Crippen LogP contribution in [0.5, 0.6) is 0 Å². The highest BCUT2D eigenvalue weighted by molar-refractivity contribution is 7.13. The number of carbonyl (C=O) groups excluding carboxylic acids is 1. The van der Waals surface area contributed by atoms with Gasteiger partial charge in [0.2, 0.25) is 10.9 Å². The molecular formula is C8H9N7OS. The molecule has 0 aromatic carbocycles. The van der Waals surface area contributed by atoms with Crippen LogP contribution < -0.4 is 17.2 Å². The van der Waals surface area contributed by atoms with Crippen molar-refractivity contribution in [2.24, 2.45) is 16.5 Å². The third-order valence-electron chi connectivity index (χ3n) is 1.79. The number of ketones is 1. The SMILES string of the molecule is NC(N)=Nc1nc(C(=O)c2cnc(N)[nH]2)cs1. The Hall–Kier alpha value is -2.42. The van der Waals surface area contributed by atoms with Crippen LogP contribution in [0.1, 0.15) is 16.2 Å². The van der Waals surface area contributed by atoms with Gasteiger partial charge in [-0.25, -0.2) is 9.97 Å². The smallest absolute Gasteiger partial charge is 0.230 e. The molecule has 0 saturated carbocycles. The molecule has 2 aromatic heterocycles. The molecule has 2 aromatic rings. The monoisotopic (exact) mass is 251 g/mol. The highest BCUT2D eigenvalue weighted by atomic mass is 32.1. The van der Waals surface area contributed by atoms with Gasteiger partial charge in [0.1, 0.15) is 11.4 Å². The Balaban J connectivity index is 2.26. The number of aromatic amines is 1. The number of anilines is 1. The van der Waals surface area contributed by atoms with Crippen molar-refractivity contribution in [1.29, 1.82) is 0 Å². The number of nitrogens with two attached hydrogens (primary N) is 3. The molecule has 0 aliphatic heterocycles. The highest BCUT2D eigenvalue weighted by Crippen LogP contribution is 2.20. The van der Waals surface area contributed by atoms with Crippen molar-refractivity contribution >= 4 is 34.2 Å². The average Bonchev–Trinajstić information content (AvgIpc) is 2.85. The summed E-state index contributed by atoms with van der Waals surface area (Å²) < 4.78 is 0. The molecule has 0 atom stereocenters. The summed E-state index contributed by atoms with van der Waals surface area (Å²) >= 11 is 1.16. The number of hydrogen-bond donors (Lipinski definition) is 4. The maximum absolute atomic E-state index is 11.9. The zero-order valence-electron chi connectivity index (χ0n) is 8.54. The molecule has 0 bridgehead atoms. The summed E-state index contributed by atoms with van der Waals surface area (Å²) in [7, 11) is 0. The fourth-order valence-electron chi connectivity index (χ4n) is 1.12. The number of aromatic nitrogens is 3. The third-order valence-corrected chi connectivity index (χ3v) is 2.52. The molecule has 0 saturated heterocycles. The van der Waals surface area contributed by atoms with E-state index in [1.165, 1.54) is 6.20 Å². The van der Waals surface area contributed by atoms with E-state index in [1.807, 2.05) is 0 Å². The molecular weight excluding hydrogens is 242 g/mol. The Bertz CT molecular complexity index is 580. The summed E-state index contributed by atoms with van der Waals surface area (Å²) in [5, 5.41) is 1.88. The topological polar surface area (TPSA) is 149 Å². The third kappa shape index (κ3) is 2.39. The Morgan fingerprint density at radius 1 is 1.47 bits per heavy atom. The van der Waals surface area contributed by atoms with Gasteiger partial charge in [-0.05, 0) is 0 Å². The largest absolute Gasteiger partial charge is 0.370 e. The van der Waals surface area contributed by atoms with Gasteiger partial charge in [0.05, 0.1) is 6.20 Å². The van der Waals surface area contributed by atoms with Gasteiger partial charge in [0, 0.05) is 5.38 Å². The molecule has 2 rings (SSSR count). The minimum atomic E-state index is -0.317. The average molecular weight is 251 g/mol. The normalized spacial score (nSPS) is 10.1. The van der Waals surface area contributed by atoms with Gasteiger partial charge < -0.3 is 22.2 Å². The molecule has 9 heteroatoms. The predicted molar refractivity (Wildman–Crippen MR) is 64.0 cm³/mol. The summed E-state index contributed by atoms with van der Waals surface area (Å²) in [4.78, 5) is 25.9. The fraction of sp³-hybridized carbons (Fsp3) is 0. The standard InChI is InChI=1S/C8H9N7OS/c9-6(10)15-8-14-4(2-17-8)5(16)3-1-12-7(11)13-3/h1-2H,(H3,11,12,13)(H4,9,10,14,15). The molecule has 2 heterocycles. The van der Waals surface area contributed by atoms with E-state index in [9.17, 15) is 4.79 Å². The van der Waals surface area contributed by atoms with E-state index in [-0.39, 0.29) is 29.1 Å². The van der Waals surface area contributed by atoms with Gasteiger partial charge in [-0.3, -0.25) is 4.79 Å². The first kappa shape index (κ1) is 11.1. The van der Waals surface area contributed by atoms with E-state index < -0.39 is 0 Å². The number of nitrogen functional groups attached to an aromatic ring is 1. The van der Waals surface area contributed by atoms with Gasteiger partial charge in [-0.15, -0.1) is 11.3 Å². The zero-order valence-corrected chi connectivity index (χ0v) is 9.36. The van der Waals surface area contributed by atoms with Gasteiger partial charge in [0.15, 0.2) is 11.9 Å². The van der Waals surface area contributed by atoms with E-state index >= 15 is 0 Å². The first-order valence-corrected chi connectivity index (χ1v) is 5.34. The first-order valence-electron chi connectivity index (χ1n) is 4.46. The first-order chi connectivity index (χ1) is 8.06. The van der Waals surface area contributed by atoms with E-state index in [1.54, 1.807) is 5.38 Å². The van der Waals surface area contributed by atoms with Crippen LogP contribution in [0.3, 0.4) is 0 Å². The lowest BCUT2D eigenvalue weighted by molar-refractivity contribution is 0.103. The number of carbonyl (C=O) groups is 1. The summed E-state index contributed by atoms with van der Waals surface area (Å²) in [5.41, 5.74) is 16.3. The minimum Gasteiger partial charge on any atom is -0.370 e. The quantitative estimate of drug-likeness (QED) is 0.331. The van der Waals surface area contributed by atoms with Gasteiger partial charge in [0.25, 0.3) is 0 Å². The number of nitrogens with zero attached hydrogens (tertiary/aromatic N) is 3. The summed E-state index contributed by atoms with van der Waals surface area (Å²) in [6.45, 7) is 0. The molecule has 0 spiro atoms. The van der Waals surface area contributed by atoms with E-state index in [0.29, 0.717) is 5.13 Å². The molecule has 0 fully saturated rings. The van der Waals surface area contributed by atoms with Crippen LogP contribution in [0, 0.1) is 0 Å². The maximum atomic E-state index is 11.9. The van der Waals surface area contributed by atoms with Crippen molar-refractivity contribution in [3.05, 3.63) is 23.0 Å². The molecule has 0 unspecified atom stereocenters. The Morgan fingerprint density at radius 3 is 2.82 bits per heavy atom. The number of hydrogen-bond acceptors (Lipinski definition) is 6. The van der Waals surface area contributed by atoms with Crippen LogP contribution in [0.25, 0.3) is 0 Å². The molecule has 0 aliphatic carbocycles. The second-order valence-electron chi connectivity index (χ2n) is 3.06. The van der Waals surface area contributed by atoms with Crippen molar-refractivity contribution < 1.29 is 4.79 Å². The molecule has 8 nitrogen and oxygen atoms in total. The van der Waals surface area contributed by atoms with Crippen LogP contribution in [0.15, 0.2) is 16.6 Å². The summed E-state index contributed by atoms with van der Waals surface area (Å²) in [6, 6.07) is 0. The van der Waals surface area contributed by atoms with Gasteiger partial charge >= 0.3 is 0 Å². The van der Waals surface area contributed by atoms with Gasteiger partial charge in [-0.2, -0.15) is 4.99 Å². The van der Waals surface area contributed by atoms with Crippen LogP contribution in [-0.4, -0.2) is 26.7 Å². The van der Waals surface area contributed by atoms with Crippen molar-refractivity contribution in [3.8, 4) is 0 Å². The number of rotatable bonds is 3. The second kappa shape index (κ2) is 4.22. The number of aliphatic imine (C=N–C) groups is 1. The van der Waals surface area contributed by atoms with Gasteiger partial charge in [-0.1, -0.05) is 0 Å². The fourth-order valence-corrected chi connectivity index (χ4v) is 1.81. The number of imidazole rings is 1. The molecule has 17 heavy (non-hydrogen) atoms. The lowest BCUT2D eigenvalue weighted by Crippen LogP contribution is -2.21.